The Morgan fingerprint density at radius 3 is 2.76 bits per heavy atom. The molecule has 3 rings (SSSR count). The number of rotatable bonds is 3. The summed E-state index contributed by atoms with van der Waals surface area (Å²) >= 11 is 6.22. The van der Waals surface area contributed by atoms with Crippen molar-refractivity contribution in [2.75, 3.05) is 26.3 Å². The molecule has 1 N–H and O–H groups in total. The molecule has 2 aromatic rings. The molecule has 1 aliphatic heterocycles. The van der Waals surface area contributed by atoms with E-state index in [9.17, 15) is 9.90 Å². The van der Waals surface area contributed by atoms with E-state index in [1.807, 2.05) is 12.1 Å². The maximum atomic E-state index is 11.3. The maximum Gasteiger partial charge on any atom is 0.352 e. The number of aromatic carboxylic acids is 1. The van der Waals surface area contributed by atoms with Crippen molar-refractivity contribution in [3.8, 4) is 0 Å². The van der Waals surface area contributed by atoms with Crippen LogP contribution in [-0.2, 0) is 18.3 Å². The summed E-state index contributed by atoms with van der Waals surface area (Å²) in [4.78, 5) is 13.6. The third-order valence-electron chi connectivity index (χ3n) is 3.94. The van der Waals surface area contributed by atoms with Gasteiger partial charge in [0.1, 0.15) is 5.69 Å². The number of ether oxygens (including phenoxy) is 1. The fourth-order valence-electron chi connectivity index (χ4n) is 2.85. The van der Waals surface area contributed by atoms with E-state index < -0.39 is 5.97 Å². The lowest BCUT2D eigenvalue weighted by atomic mass is 10.1. The van der Waals surface area contributed by atoms with Crippen molar-refractivity contribution in [3.63, 3.8) is 0 Å². The van der Waals surface area contributed by atoms with Crippen LogP contribution in [0.2, 0.25) is 5.02 Å². The predicted molar refractivity (Wildman–Crippen MR) is 81.0 cm³/mol. The molecule has 1 fully saturated rings. The number of halogens is 1. The van der Waals surface area contributed by atoms with Crippen molar-refractivity contribution in [2.24, 2.45) is 7.05 Å². The Morgan fingerprint density at radius 1 is 1.38 bits per heavy atom. The second-order valence-corrected chi connectivity index (χ2v) is 5.66. The average molecular weight is 309 g/mol. The minimum atomic E-state index is -0.943. The summed E-state index contributed by atoms with van der Waals surface area (Å²) in [5.41, 5.74) is 2.24. The van der Waals surface area contributed by atoms with Crippen LogP contribution in [0.3, 0.4) is 0 Å². The van der Waals surface area contributed by atoms with E-state index in [-0.39, 0.29) is 5.69 Å². The van der Waals surface area contributed by atoms with Crippen molar-refractivity contribution in [2.45, 2.75) is 6.54 Å². The van der Waals surface area contributed by atoms with E-state index in [2.05, 4.69) is 4.90 Å². The Bertz CT molecular complexity index is 690. The lowest BCUT2D eigenvalue weighted by molar-refractivity contribution is 0.0343. The number of fused-ring (bicyclic) bond motifs is 1. The highest BCUT2D eigenvalue weighted by Crippen LogP contribution is 2.30. The number of nitrogens with zero attached hydrogens (tertiary/aromatic N) is 2. The number of aromatic nitrogens is 1. The smallest absolute Gasteiger partial charge is 0.352 e. The molecular formula is C15H17ClN2O3. The monoisotopic (exact) mass is 308 g/mol. The molecule has 0 unspecified atom stereocenters. The molecule has 0 spiro atoms. The zero-order chi connectivity index (χ0) is 15.0. The normalized spacial score (nSPS) is 16.5. The third kappa shape index (κ3) is 2.64. The standard InChI is InChI=1S/C15H17ClN2O3/c1-17-13(15(19)20)8-11-12(16)3-2-10(14(11)17)9-18-4-6-21-7-5-18/h2-3,8H,4-7,9H2,1H3,(H,19,20). The summed E-state index contributed by atoms with van der Waals surface area (Å²) in [6.07, 6.45) is 0. The molecule has 1 aliphatic rings. The Labute approximate surface area is 127 Å². The highest BCUT2D eigenvalue weighted by Gasteiger charge is 2.19. The molecular weight excluding hydrogens is 292 g/mol. The minimum absolute atomic E-state index is 0.251. The Balaban J connectivity index is 2.05. The summed E-state index contributed by atoms with van der Waals surface area (Å²) in [6, 6.07) is 5.46. The van der Waals surface area contributed by atoms with E-state index in [4.69, 9.17) is 16.3 Å². The summed E-state index contributed by atoms with van der Waals surface area (Å²) in [6.45, 7) is 4.03. The van der Waals surface area contributed by atoms with Crippen molar-refractivity contribution < 1.29 is 14.6 Å². The molecule has 21 heavy (non-hydrogen) atoms. The third-order valence-corrected chi connectivity index (χ3v) is 4.27. The van der Waals surface area contributed by atoms with Crippen LogP contribution in [0.25, 0.3) is 10.9 Å². The van der Waals surface area contributed by atoms with Crippen LogP contribution >= 0.6 is 11.6 Å². The average Bonchev–Trinajstić information content (AvgIpc) is 2.82. The van der Waals surface area contributed by atoms with Crippen LogP contribution in [0, 0.1) is 0 Å². The van der Waals surface area contributed by atoms with Gasteiger partial charge in [-0.15, -0.1) is 0 Å². The van der Waals surface area contributed by atoms with Crippen molar-refractivity contribution in [1.82, 2.24) is 9.47 Å². The molecule has 0 atom stereocenters. The van der Waals surface area contributed by atoms with Gasteiger partial charge in [-0.1, -0.05) is 17.7 Å². The summed E-state index contributed by atoms with van der Waals surface area (Å²) in [5, 5.41) is 10.7. The van der Waals surface area contributed by atoms with Gasteiger partial charge in [0.25, 0.3) is 0 Å². The Kier molecular flexibility index (Phi) is 3.89. The minimum Gasteiger partial charge on any atom is -0.477 e. The largest absolute Gasteiger partial charge is 0.477 e. The van der Waals surface area contributed by atoms with E-state index >= 15 is 0 Å². The Hall–Kier alpha value is -1.56. The predicted octanol–water partition coefficient (Wildman–Crippen LogP) is 2.36. The highest BCUT2D eigenvalue weighted by atomic mass is 35.5. The zero-order valence-electron chi connectivity index (χ0n) is 11.8. The van der Waals surface area contributed by atoms with Gasteiger partial charge in [-0.3, -0.25) is 4.90 Å². The van der Waals surface area contributed by atoms with Crippen molar-refractivity contribution in [3.05, 3.63) is 34.5 Å². The lowest BCUT2D eigenvalue weighted by Gasteiger charge is -2.27. The fraction of sp³-hybridized carbons (Fsp3) is 0.400. The molecule has 6 heteroatoms. The first-order valence-corrected chi connectivity index (χ1v) is 7.26. The van der Waals surface area contributed by atoms with Crippen LogP contribution < -0.4 is 0 Å². The number of aryl methyl sites for hydroxylation is 1. The van der Waals surface area contributed by atoms with E-state index in [1.165, 1.54) is 0 Å². The first kappa shape index (κ1) is 14.4. The van der Waals surface area contributed by atoms with Crippen molar-refractivity contribution in [1.29, 1.82) is 0 Å². The molecule has 1 aromatic carbocycles. The van der Waals surface area contributed by atoms with Gasteiger partial charge in [-0.2, -0.15) is 0 Å². The molecule has 2 heterocycles. The summed E-state index contributed by atoms with van der Waals surface area (Å²) in [5.74, 6) is -0.943. The molecule has 112 valence electrons. The summed E-state index contributed by atoms with van der Waals surface area (Å²) in [7, 11) is 1.77. The van der Waals surface area contributed by atoms with Gasteiger partial charge < -0.3 is 14.4 Å². The van der Waals surface area contributed by atoms with Gasteiger partial charge in [0.05, 0.1) is 18.7 Å². The van der Waals surface area contributed by atoms with Crippen LogP contribution in [0.1, 0.15) is 16.1 Å². The lowest BCUT2D eigenvalue weighted by Crippen LogP contribution is -2.35. The first-order valence-electron chi connectivity index (χ1n) is 6.88. The number of hydrogen-bond acceptors (Lipinski definition) is 3. The molecule has 0 bridgehead atoms. The quantitative estimate of drug-likeness (QED) is 0.946. The topological polar surface area (TPSA) is 54.7 Å². The second kappa shape index (κ2) is 5.67. The molecule has 0 amide bonds. The molecule has 0 aliphatic carbocycles. The SMILES string of the molecule is Cn1c(C(=O)O)cc2c(Cl)ccc(CN3CCOCC3)c21. The van der Waals surface area contributed by atoms with Gasteiger partial charge in [0.2, 0.25) is 0 Å². The number of morpholine rings is 1. The van der Waals surface area contributed by atoms with Gasteiger partial charge in [-0.05, 0) is 17.7 Å². The Morgan fingerprint density at radius 2 is 2.10 bits per heavy atom. The molecule has 1 saturated heterocycles. The van der Waals surface area contributed by atoms with Crippen LogP contribution in [0.4, 0.5) is 0 Å². The molecule has 1 aromatic heterocycles. The van der Waals surface area contributed by atoms with Gasteiger partial charge in [0.15, 0.2) is 0 Å². The second-order valence-electron chi connectivity index (χ2n) is 5.25. The zero-order valence-corrected chi connectivity index (χ0v) is 12.6. The molecule has 0 radical (unpaired) electrons. The number of carboxylic acids is 1. The van der Waals surface area contributed by atoms with Gasteiger partial charge in [0, 0.05) is 37.1 Å². The number of carboxylic acid groups (broad SMARTS) is 1. The van der Waals surface area contributed by atoms with E-state index in [0.717, 1.165) is 49.3 Å². The van der Waals surface area contributed by atoms with Gasteiger partial charge >= 0.3 is 5.97 Å². The summed E-state index contributed by atoms with van der Waals surface area (Å²) < 4.78 is 7.07. The number of hydrogen-bond donors (Lipinski definition) is 1. The maximum absolute atomic E-state index is 11.3. The van der Waals surface area contributed by atoms with Gasteiger partial charge in [-0.25, -0.2) is 4.79 Å². The number of carbonyl (C=O) groups is 1. The molecule has 5 nitrogen and oxygen atoms in total. The van der Waals surface area contributed by atoms with Crippen LogP contribution in [0.15, 0.2) is 18.2 Å². The molecule has 0 saturated carbocycles. The van der Waals surface area contributed by atoms with Crippen molar-refractivity contribution >= 4 is 28.5 Å². The highest BCUT2D eigenvalue weighted by molar-refractivity contribution is 6.35. The van der Waals surface area contributed by atoms with Crippen LogP contribution in [0.5, 0.6) is 0 Å². The number of benzene rings is 1. The first-order chi connectivity index (χ1) is 10.1. The van der Waals surface area contributed by atoms with Crippen LogP contribution in [-0.4, -0.2) is 46.8 Å². The van der Waals surface area contributed by atoms with E-state index in [0.29, 0.717) is 5.02 Å². The fourth-order valence-corrected chi connectivity index (χ4v) is 3.06. The van der Waals surface area contributed by atoms with E-state index in [1.54, 1.807) is 17.7 Å².